The summed E-state index contributed by atoms with van der Waals surface area (Å²) in [5.41, 5.74) is 3.00. The highest BCUT2D eigenvalue weighted by Gasteiger charge is 2.39. The monoisotopic (exact) mass is 328 g/mol. The lowest BCUT2D eigenvalue weighted by Gasteiger charge is -2.22. The van der Waals surface area contributed by atoms with Crippen LogP contribution in [0.25, 0.3) is 0 Å². The molecule has 0 bridgehead atoms. The van der Waals surface area contributed by atoms with Gasteiger partial charge in [-0.15, -0.1) is 0 Å². The van der Waals surface area contributed by atoms with E-state index in [1.54, 1.807) is 0 Å². The lowest BCUT2D eigenvalue weighted by Crippen LogP contribution is -2.45. The Balaban J connectivity index is 4.54. The van der Waals surface area contributed by atoms with Gasteiger partial charge in [0.25, 0.3) is 0 Å². The van der Waals surface area contributed by atoms with Crippen molar-refractivity contribution in [3.8, 4) is 11.5 Å². The third-order valence-electron chi connectivity index (χ3n) is 1.31. The van der Waals surface area contributed by atoms with Gasteiger partial charge in [-0.3, -0.25) is 0 Å². The van der Waals surface area contributed by atoms with Gasteiger partial charge in [0.2, 0.25) is 0 Å². The van der Waals surface area contributed by atoms with Crippen molar-refractivity contribution in [2.75, 3.05) is 24.2 Å². The molecule has 0 saturated heterocycles. The second-order valence-corrected chi connectivity index (χ2v) is 5.28. The van der Waals surface area contributed by atoms with E-state index in [2.05, 4.69) is 34.1 Å². The van der Waals surface area contributed by atoms with Crippen molar-refractivity contribution >= 4 is 31.4 Å². The zero-order valence-corrected chi connectivity index (χ0v) is 12.1. The van der Waals surface area contributed by atoms with Crippen molar-refractivity contribution < 1.29 is 13.3 Å². The average molecular weight is 328 g/mol. The largest absolute Gasteiger partial charge is 0.591 e. The highest BCUT2D eigenvalue weighted by molar-refractivity contribution is 14.1. The number of rotatable bonds is 6. The second-order valence-electron chi connectivity index (χ2n) is 2.29. The summed E-state index contributed by atoms with van der Waals surface area (Å²) in [6.45, 7) is 7.48. The van der Waals surface area contributed by atoms with Crippen molar-refractivity contribution in [1.29, 1.82) is 0 Å². The summed E-state index contributed by atoms with van der Waals surface area (Å²) in [5, 5.41) is 0. The fourth-order valence-corrected chi connectivity index (χ4v) is 3.41. The van der Waals surface area contributed by atoms with Gasteiger partial charge in [-0.25, -0.2) is 0 Å². The molecule has 0 aromatic rings. The maximum Gasteiger partial charge on any atom is 0.591 e. The van der Waals surface area contributed by atoms with E-state index in [1.165, 1.54) is 0 Å². The number of hydrogen-bond acceptors (Lipinski definition) is 3. The summed E-state index contributed by atoms with van der Waals surface area (Å²) in [4.78, 5) is 0. The Morgan fingerprint density at radius 3 is 1.71 bits per heavy atom. The van der Waals surface area contributed by atoms with Gasteiger partial charge >= 0.3 is 8.80 Å². The lowest BCUT2D eigenvalue weighted by atomic mass is 10.8. The summed E-state index contributed by atoms with van der Waals surface area (Å²) in [6.07, 6.45) is 0. The first-order valence-electron chi connectivity index (χ1n) is 4.72. The maximum absolute atomic E-state index is 5.53. The Hall–Kier alpha value is 0.387. The van der Waals surface area contributed by atoms with Gasteiger partial charge in [0.05, 0.1) is 4.43 Å². The van der Waals surface area contributed by atoms with Crippen LogP contribution in [0.5, 0.6) is 0 Å². The number of hydrogen-bond donors (Lipinski definition) is 0. The second kappa shape index (κ2) is 8.68. The van der Waals surface area contributed by atoms with Crippen molar-refractivity contribution in [3.05, 3.63) is 0 Å². The molecule has 0 amide bonds. The minimum absolute atomic E-state index is 0.572. The number of alkyl halides is 1. The average Bonchev–Trinajstić information content (AvgIpc) is 2.16. The van der Waals surface area contributed by atoms with Crippen LogP contribution in [0.15, 0.2) is 0 Å². The summed E-state index contributed by atoms with van der Waals surface area (Å²) >= 11 is 2.19. The highest BCUT2D eigenvalue weighted by atomic mass is 127. The Morgan fingerprint density at radius 2 is 1.43 bits per heavy atom. The predicted octanol–water partition coefficient (Wildman–Crippen LogP) is 2.01. The topological polar surface area (TPSA) is 27.7 Å². The Morgan fingerprint density at radius 1 is 1.00 bits per heavy atom. The molecule has 5 heteroatoms. The van der Waals surface area contributed by atoms with Crippen LogP contribution in [0.1, 0.15) is 20.8 Å². The molecule has 0 saturated carbocycles. The normalized spacial score (nSPS) is 10.9. The minimum atomic E-state index is -2.68. The Kier molecular flexibility index (Phi) is 8.92. The van der Waals surface area contributed by atoms with Crippen LogP contribution in [-0.4, -0.2) is 33.1 Å². The molecule has 0 atom stereocenters. The van der Waals surface area contributed by atoms with Gasteiger partial charge in [0.15, 0.2) is 0 Å². The van der Waals surface area contributed by atoms with Gasteiger partial charge in [0, 0.05) is 19.8 Å². The van der Waals surface area contributed by atoms with Crippen LogP contribution in [0.3, 0.4) is 0 Å². The predicted molar refractivity (Wildman–Crippen MR) is 67.3 cm³/mol. The minimum Gasteiger partial charge on any atom is -0.364 e. The zero-order valence-electron chi connectivity index (χ0n) is 8.93. The molecule has 0 unspecified atom stereocenters. The molecule has 0 aliphatic rings. The quantitative estimate of drug-likeness (QED) is 0.323. The first-order valence-corrected chi connectivity index (χ1v) is 7.97. The number of halogens is 1. The summed E-state index contributed by atoms with van der Waals surface area (Å²) < 4.78 is 17.4. The van der Waals surface area contributed by atoms with E-state index in [0.717, 1.165) is 4.43 Å². The van der Waals surface area contributed by atoms with E-state index < -0.39 is 8.80 Å². The smallest absolute Gasteiger partial charge is 0.364 e. The van der Waals surface area contributed by atoms with Crippen LogP contribution in [-0.2, 0) is 13.3 Å². The van der Waals surface area contributed by atoms with Gasteiger partial charge in [-0.05, 0) is 26.3 Å². The summed E-state index contributed by atoms with van der Waals surface area (Å²) in [7, 11) is -2.68. The van der Waals surface area contributed by atoms with E-state index in [-0.39, 0.29) is 0 Å². The van der Waals surface area contributed by atoms with E-state index in [9.17, 15) is 0 Å². The van der Waals surface area contributed by atoms with Crippen molar-refractivity contribution in [2.24, 2.45) is 0 Å². The molecule has 0 fully saturated rings. The molecule has 82 valence electrons. The summed E-state index contributed by atoms with van der Waals surface area (Å²) in [5.74, 6) is 2.97. The molecule has 3 nitrogen and oxygen atoms in total. The first kappa shape index (κ1) is 14.4. The van der Waals surface area contributed by atoms with Crippen LogP contribution < -0.4 is 0 Å². The Labute approximate surface area is 101 Å². The molecule has 0 radical (unpaired) electrons. The van der Waals surface area contributed by atoms with Crippen LogP contribution in [0.4, 0.5) is 0 Å². The molecule has 0 aliphatic carbocycles. The van der Waals surface area contributed by atoms with Gasteiger partial charge < -0.3 is 13.3 Å². The van der Waals surface area contributed by atoms with Crippen LogP contribution >= 0.6 is 22.6 Å². The van der Waals surface area contributed by atoms with Gasteiger partial charge in [-0.2, -0.15) is 0 Å². The molecule has 0 N–H and O–H groups in total. The van der Waals surface area contributed by atoms with Gasteiger partial charge in [0.1, 0.15) is 0 Å². The molecule has 0 spiro atoms. The van der Waals surface area contributed by atoms with Crippen molar-refractivity contribution in [1.82, 2.24) is 0 Å². The molecule has 14 heavy (non-hydrogen) atoms. The SMILES string of the molecule is CCO[Si](C#CCI)(OCC)OCC. The highest BCUT2D eigenvalue weighted by Crippen LogP contribution is 2.08. The summed E-state index contributed by atoms with van der Waals surface area (Å²) in [6, 6.07) is 0. The van der Waals surface area contributed by atoms with E-state index in [1.807, 2.05) is 20.8 Å². The molecular formula is C9H17IO3Si. The van der Waals surface area contributed by atoms with E-state index in [0.29, 0.717) is 19.8 Å². The molecule has 0 aromatic carbocycles. The molecular weight excluding hydrogens is 311 g/mol. The first-order chi connectivity index (χ1) is 6.74. The Bertz CT molecular complexity index is 183. The fraction of sp³-hybridized carbons (Fsp3) is 0.778. The van der Waals surface area contributed by atoms with Gasteiger partial charge in [-0.1, -0.05) is 28.5 Å². The zero-order chi connectivity index (χ0) is 10.9. The lowest BCUT2D eigenvalue weighted by molar-refractivity contribution is 0.0870. The maximum atomic E-state index is 5.53. The third-order valence-corrected chi connectivity index (χ3v) is 4.18. The van der Waals surface area contributed by atoms with Crippen LogP contribution in [0, 0.1) is 11.5 Å². The van der Waals surface area contributed by atoms with E-state index >= 15 is 0 Å². The molecule has 0 heterocycles. The van der Waals surface area contributed by atoms with E-state index in [4.69, 9.17) is 13.3 Å². The molecule has 0 rings (SSSR count). The standard InChI is InChI=1S/C9H17IO3Si/c1-4-11-14(12-5-2,13-6-3)9-7-8-10/h4-6,8H2,1-3H3. The fourth-order valence-electron chi connectivity index (χ4n) is 0.945. The third kappa shape index (κ3) is 5.31. The molecule has 0 aliphatic heterocycles. The van der Waals surface area contributed by atoms with Crippen molar-refractivity contribution in [3.63, 3.8) is 0 Å². The van der Waals surface area contributed by atoms with Crippen LogP contribution in [0.2, 0.25) is 0 Å². The van der Waals surface area contributed by atoms with Crippen molar-refractivity contribution in [2.45, 2.75) is 20.8 Å². The molecule has 0 aromatic heterocycles.